The number of anilines is 5. The average Bonchev–Trinajstić information content (AvgIpc) is 1.67. The number of thiazole rings is 2. The van der Waals surface area contributed by atoms with Gasteiger partial charge in [-0.2, -0.15) is 0 Å². The number of fused-ring (bicyclic) bond motifs is 2. The number of rotatable bonds is 12. The molecule has 0 saturated carbocycles. The molecule has 0 aliphatic heterocycles. The predicted octanol–water partition coefficient (Wildman–Crippen LogP) is 21.9. The van der Waals surface area contributed by atoms with Crippen molar-refractivity contribution in [3.05, 3.63) is 262 Å². The first kappa shape index (κ1) is 83.5. The van der Waals surface area contributed by atoms with E-state index in [1.54, 1.807) is 107 Å². The first-order valence-electron chi connectivity index (χ1n) is 31.9. The fourth-order valence-electron chi connectivity index (χ4n) is 8.77. The zero-order valence-electron chi connectivity index (χ0n) is 58.1. The molecule has 0 amide bonds. The van der Waals surface area contributed by atoms with Crippen LogP contribution in [-0.2, 0) is 0 Å². The van der Waals surface area contributed by atoms with Crippen molar-refractivity contribution in [2.45, 2.75) is 6.92 Å². The third kappa shape index (κ3) is 25.5. The van der Waals surface area contributed by atoms with Crippen LogP contribution >= 0.6 is 173 Å². The Kier molecular flexibility index (Phi) is 31.1. The molecule has 10 N–H and O–H groups in total. The summed E-state index contributed by atoms with van der Waals surface area (Å²) in [6.45, 7) is 5.28. The molecule has 14 aromatic heterocycles. The van der Waals surface area contributed by atoms with Crippen molar-refractivity contribution >= 4 is 253 Å². The molecule has 0 unspecified atom stereocenters. The lowest BCUT2D eigenvalue weighted by atomic mass is 10.3. The molecular weight excluding hydrogens is 1810 g/mol. The summed E-state index contributed by atoms with van der Waals surface area (Å²) in [6, 6.07) is 48.0. The van der Waals surface area contributed by atoms with Crippen LogP contribution in [0.5, 0.6) is 0 Å². The lowest BCUT2D eigenvalue weighted by molar-refractivity contribution is 0.101. The molecule has 0 aliphatic carbocycles. The molecular formula is C77H57Br3Cl2N18O2S9. The minimum Gasteiger partial charge on any atom is -0.383 e. The van der Waals surface area contributed by atoms with Crippen molar-refractivity contribution < 1.29 is 9.59 Å². The fraction of sp³-hybridized carbons (Fsp3) is 0.0390. The van der Waals surface area contributed by atoms with Crippen molar-refractivity contribution in [2.24, 2.45) is 0 Å². The largest absolute Gasteiger partial charge is 0.383 e. The minimum atomic E-state index is 0.0457. The van der Waals surface area contributed by atoms with Crippen LogP contribution < -0.4 is 28.7 Å². The third-order valence-corrected chi connectivity index (χ3v) is 25.5. The number of carbonyl (C=O) groups excluding carboxylic acids is 2. The van der Waals surface area contributed by atoms with E-state index in [0.717, 1.165) is 124 Å². The Hall–Kier alpha value is -9.98. The number of nitrogens with zero attached hydrogens (tertiary/aromatic N) is 13. The van der Waals surface area contributed by atoms with Gasteiger partial charge < -0.3 is 33.6 Å². The summed E-state index contributed by atoms with van der Waals surface area (Å²) >= 11 is 36.3. The minimum absolute atomic E-state index is 0.0457. The second kappa shape index (κ2) is 41.3. The van der Waals surface area contributed by atoms with Gasteiger partial charge >= 0.3 is 0 Å². The van der Waals surface area contributed by atoms with Crippen molar-refractivity contribution in [2.75, 3.05) is 42.8 Å². The first-order valence-corrected chi connectivity index (χ1v) is 42.4. The Morgan fingerprint density at radius 2 is 0.865 bits per heavy atom. The number of para-hydroxylation sites is 2. The number of carbonyl (C=O) groups is 2. The number of hydrogen-bond donors (Lipinski definition) is 5. The quantitative estimate of drug-likeness (QED) is 0.0431. The zero-order chi connectivity index (χ0) is 78.9. The highest BCUT2D eigenvalue weighted by Crippen LogP contribution is 2.35. The Morgan fingerprint density at radius 3 is 1.27 bits per heavy atom. The lowest BCUT2D eigenvalue weighted by Crippen LogP contribution is -2.02. The summed E-state index contributed by atoms with van der Waals surface area (Å²) in [6.07, 6.45) is 22.7. The molecule has 556 valence electrons. The Balaban J connectivity index is 0.000000141. The Labute approximate surface area is 708 Å². The Morgan fingerprint density at radius 1 is 0.450 bits per heavy atom. The van der Waals surface area contributed by atoms with E-state index in [1.165, 1.54) is 45.3 Å². The highest BCUT2D eigenvalue weighted by molar-refractivity contribution is 9.11. The topological polar surface area (TPSA) is 322 Å². The van der Waals surface area contributed by atoms with E-state index >= 15 is 0 Å². The van der Waals surface area contributed by atoms with Crippen molar-refractivity contribution in [3.8, 4) is 77.0 Å². The molecule has 0 spiro atoms. The number of nitrogen functional groups attached to an aromatic ring is 5. The number of benzene rings is 2. The number of aromatic nitrogens is 12. The van der Waals surface area contributed by atoms with Crippen LogP contribution in [0.1, 0.15) is 55.8 Å². The van der Waals surface area contributed by atoms with Gasteiger partial charge in [0, 0.05) is 67.1 Å². The molecule has 0 atom stereocenters. The van der Waals surface area contributed by atoms with Gasteiger partial charge in [-0.1, -0.05) is 53.9 Å². The third-order valence-electron chi connectivity index (χ3n) is 13.7. The van der Waals surface area contributed by atoms with Crippen LogP contribution in [0.4, 0.5) is 29.7 Å². The lowest BCUT2D eigenvalue weighted by Gasteiger charge is -2.01. The first-order chi connectivity index (χ1) is 53.5. The molecule has 0 radical (unpaired) electrons. The molecule has 16 rings (SSSR count). The molecule has 0 saturated heterocycles. The van der Waals surface area contributed by atoms with Crippen LogP contribution in [0.15, 0.2) is 213 Å². The van der Waals surface area contributed by atoms with Crippen molar-refractivity contribution in [1.29, 1.82) is 0 Å². The fourth-order valence-corrected chi connectivity index (χ4v) is 18.3. The highest BCUT2D eigenvalue weighted by Gasteiger charge is 2.12. The van der Waals surface area contributed by atoms with E-state index in [2.05, 4.69) is 138 Å². The maximum atomic E-state index is 11.4. The summed E-state index contributed by atoms with van der Waals surface area (Å²) in [5, 5.41) is 3.01. The molecule has 0 fully saturated rings. The smallest absolute Gasteiger partial charge is 0.220 e. The van der Waals surface area contributed by atoms with Gasteiger partial charge in [0.2, 0.25) is 29.7 Å². The second-order valence-corrected chi connectivity index (χ2v) is 36.6. The molecule has 16 aromatic rings. The maximum absolute atomic E-state index is 11.4. The van der Waals surface area contributed by atoms with Crippen LogP contribution in [0.25, 0.3) is 91.5 Å². The van der Waals surface area contributed by atoms with Crippen LogP contribution in [0.2, 0.25) is 10.0 Å². The standard InChI is InChI=1S/C17H11ClN4S2.C17H9ClN4S2.C10H9N3S.C10H7N3S.C9H10BrNOS.C8H6BrN3S.C6H5BrOS/c2*18-11-2-1-3-14-16(11)22-15(24-14)7-5-10-4-6-13(23-10)12-8-9-20-17(19)21-12;2*1-2-7-3-4-9(14-7)8-5-6-12-10(11)13-8;1-11(2)6-5-7(12)8-3-4-9(10)13-8;9-7-2-1-6(13-7)5-3-4-11-8(10)12-5;1-4(8)5-2-3-6(7)9-5/h1-9H,(H2,19,20,21);1-4,6,8-9H,(H2,19,20,21);2-6H,1H2,(H2,11,12,13);1,3-6H,(H2,11,12,13);3-6H,1-2H3;1-4H,(H2,10,11,12);2-3H,1H3/b7-5+;;;;;;. The van der Waals surface area contributed by atoms with E-state index < -0.39 is 0 Å². The van der Waals surface area contributed by atoms with E-state index in [4.69, 9.17) is 58.3 Å². The number of allylic oxidation sites excluding steroid dienone is 1. The number of nitrogens with two attached hydrogens (primary N) is 5. The number of terminal acetylenes is 1. The van der Waals surface area contributed by atoms with Gasteiger partial charge in [-0.15, -0.1) is 108 Å². The van der Waals surface area contributed by atoms with Gasteiger partial charge in [0.05, 0.1) is 103 Å². The van der Waals surface area contributed by atoms with Crippen LogP contribution in [0, 0.1) is 24.2 Å². The van der Waals surface area contributed by atoms with Crippen molar-refractivity contribution in [3.63, 3.8) is 0 Å². The van der Waals surface area contributed by atoms with Gasteiger partial charge in [-0.05, 0) is 218 Å². The van der Waals surface area contributed by atoms with Gasteiger partial charge in [0.1, 0.15) is 16.0 Å². The summed E-state index contributed by atoms with van der Waals surface area (Å²) in [4.78, 5) is 83.9. The summed E-state index contributed by atoms with van der Waals surface area (Å²) in [5.41, 5.74) is 33.5. The van der Waals surface area contributed by atoms with Crippen LogP contribution in [0.3, 0.4) is 0 Å². The SMILES string of the molecule is C#Cc1ccc(-c2ccnc(N)n2)s1.C=Cc1ccc(-c2ccnc(N)n2)s1.CC(=O)c1ccc(Br)s1.CN(C)C=CC(=O)c1ccc(Br)s1.Nc1nccc(-c2ccc(/C=C/c3nc4c(Cl)cccc4s3)s2)n1.Nc1nccc(-c2ccc(Br)s2)n1.Nc1nccc(-c2ccc(C#Cc3nc4c(Cl)cccc4s3)s2)n1. The second-order valence-electron chi connectivity index (χ2n) is 21.9. The number of Topliss-reactive ketones (excluding diaryl/α,β-unsaturated/α-hetero) is 1. The van der Waals surface area contributed by atoms with Crippen LogP contribution in [-0.4, -0.2) is 90.4 Å². The van der Waals surface area contributed by atoms with E-state index in [1.807, 2.05) is 183 Å². The summed E-state index contributed by atoms with van der Waals surface area (Å²) in [5.74, 6) is 10.4. The molecule has 111 heavy (non-hydrogen) atoms. The van der Waals surface area contributed by atoms with Crippen molar-refractivity contribution in [1.82, 2.24) is 64.7 Å². The molecule has 20 nitrogen and oxygen atoms in total. The van der Waals surface area contributed by atoms with E-state index in [-0.39, 0.29) is 29.4 Å². The van der Waals surface area contributed by atoms with Gasteiger partial charge in [0.25, 0.3) is 0 Å². The number of halogens is 5. The monoisotopic (exact) mass is 1860 g/mol. The molecule has 0 bridgehead atoms. The molecule has 14 heterocycles. The van der Waals surface area contributed by atoms with E-state index in [9.17, 15) is 9.59 Å². The summed E-state index contributed by atoms with van der Waals surface area (Å²) in [7, 11) is 3.77. The predicted molar refractivity (Wildman–Crippen MR) is 480 cm³/mol. The average molecular weight is 1870 g/mol. The maximum Gasteiger partial charge on any atom is 0.220 e. The molecule has 34 heteroatoms. The van der Waals surface area contributed by atoms with E-state index in [0.29, 0.717) is 21.9 Å². The molecule has 2 aromatic carbocycles. The summed E-state index contributed by atoms with van der Waals surface area (Å²) < 4.78 is 5.20. The number of thiophene rings is 7. The normalized spacial score (nSPS) is 10.5. The number of ketones is 2. The number of hydrogen-bond acceptors (Lipinski definition) is 29. The van der Waals surface area contributed by atoms with Gasteiger partial charge in [0.15, 0.2) is 16.6 Å². The highest BCUT2D eigenvalue weighted by atomic mass is 79.9. The Bertz CT molecular complexity index is 6060. The zero-order valence-corrected chi connectivity index (χ0v) is 71.7. The molecule has 0 aliphatic rings. The van der Waals surface area contributed by atoms with Gasteiger partial charge in [-0.25, -0.2) is 59.8 Å². The van der Waals surface area contributed by atoms with Gasteiger partial charge in [-0.3, -0.25) is 9.59 Å².